The predicted octanol–water partition coefficient (Wildman–Crippen LogP) is -2.50. The molecule has 2 aliphatic rings. The Morgan fingerprint density at radius 2 is 1.45 bits per heavy atom. The first-order chi connectivity index (χ1) is 19.6. The second-order valence-corrected chi connectivity index (χ2v) is 13.2. The first-order valence-corrected chi connectivity index (χ1v) is 16.1. The minimum absolute atomic E-state index is 0.109. The molecule has 234 valence electrons. The van der Waals surface area contributed by atoms with Gasteiger partial charge in [-0.05, 0) is 0 Å². The van der Waals surface area contributed by atoms with Crippen molar-refractivity contribution in [1.29, 1.82) is 0 Å². The monoisotopic (exact) mass is 663 g/mol. The van der Waals surface area contributed by atoms with Crippen molar-refractivity contribution >= 4 is 40.3 Å². The van der Waals surface area contributed by atoms with E-state index in [1.165, 1.54) is 23.4 Å². The summed E-state index contributed by atoms with van der Waals surface area (Å²) in [5, 5.41) is 39.2. The molecule has 8 N–H and O–H groups in total. The summed E-state index contributed by atoms with van der Waals surface area (Å²) >= 11 is 0. The van der Waals surface area contributed by atoms with Gasteiger partial charge in [0.15, 0.2) is 29.3 Å². The van der Waals surface area contributed by atoms with Crippen LogP contribution >= 0.6 is 23.5 Å². The van der Waals surface area contributed by atoms with E-state index in [9.17, 15) is 53.7 Å². The zero-order valence-electron chi connectivity index (χ0n) is 20.7. The molecule has 25 heteroatoms. The molecule has 0 saturated carbocycles. The molecule has 0 bridgehead atoms. The van der Waals surface area contributed by atoms with E-state index in [2.05, 4.69) is 28.3 Å². The van der Waals surface area contributed by atoms with Crippen LogP contribution in [0.25, 0.3) is 16.8 Å². The lowest BCUT2D eigenvalue weighted by Gasteiger charge is -2.22. The van der Waals surface area contributed by atoms with Gasteiger partial charge in [-0.3, -0.25) is 22.5 Å². The van der Waals surface area contributed by atoms with E-state index >= 15 is 0 Å². The average Bonchev–Trinajstić information content (AvgIpc) is 3.64. The fraction of sp³-hybridized carbons (Fsp3) is 0.588. The second-order valence-electron chi connectivity index (χ2n) is 9.00. The Bertz CT molecular complexity index is 1580. The van der Waals surface area contributed by atoms with Crippen LogP contribution in [0.4, 0.5) is 0 Å². The van der Waals surface area contributed by atoms with E-state index in [0.29, 0.717) is 5.65 Å². The van der Waals surface area contributed by atoms with Gasteiger partial charge in [0, 0.05) is 12.4 Å². The molecule has 3 aromatic rings. The highest BCUT2D eigenvalue weighted by Crippen LogP contribution is 2.61. The van der Waals surface area contributed by atoms with Crippen molar-refractivity contribution in [2.45, 2.75) is 49.1 Å². The van der Waals surface area contributed by atoms with Crippen molar-refractivity contribution in [3.63, 3.8) is 0 Å². The predicted molar refractivity (Wildman–Crippen MR) is 129 cm³/mol. The summed E-state index contributed by atoms with van der Waals surface area (Å²) in [6, 6.07) is 0. The molecular formula is C17H24N5O17P3. The second kappa shape index (κ2) is 11.6. The lowest BCUT2D eigenvalue weighted by Crippen LogP contribution is -2.35. The number of phosphoric ester groups is 3. The van der Waals surface area contributed by atoms with Crippen molar-refractivity contribution in [3.8, 4) is 0 Å². The molecule has 3 aromatic heterocycles. The molecule has 0 radical (unpaired) electrons. The van der Waals surface area contributed by atoms with Crippen LogP contribution in [0, 0.1) is 0 Å². The van der Waals surface area contributed by atoms with Crippen LogP contribution in [0.1, 0.15) is 6.23 Å². The zero-order valence-corrected chi connectivity index (χ0v) is 23.4. The smallest absolute Gasteiger partial charge is 0.387 e. The van der Waals surface area contributed by atoms with Gasteiger partial charge in [-0.15, -0.1) is 0 Å². The molecule has 2 fully saturated rings. The van der Waals surface area contributed by atoms with Gasteiger partial charge in [0.2, 0.25) is 0 Å². The minimum Gasteiger partial charge on any atom is -0.387 e. The van der Waals surface area contributed by atoms with Crippen LogP contribution in [0.3, 0.4) is 0 Å². The van der Waals surface area contributed by atoms with E-state index in [-0.39, 0.29) is 11.2 Å². The Kier molecular flexibility index (Phi) is 8.75. The van der Waals surface area contributed by atoms with Crippen LogP contribution in [-0.4, -0.2) is 120 Å². The largest absolute Gasteiger partial charge is 0.481 e. The Morgan fingerprint density at radius 3 is 2.05 bits per heavy atom. The van der Waals surface area contributed by atoms with Crippen LogP contribution in [0.5, 0.6) is 0 Å². The molecule has 2 aliphatic heterocycles. The van der Waals surface area contributed by atoms with Crippen molar-refractivity contribution < 1.29 is 81.1 Å². The maximum absolute atomic E-state index is 12.4. The number of imidazole rings is 2. The number of fused-ring (bicyclic) bond motifs is 3. The number of ether oxygens (including phenoxy) is 2. The number of hydrogen-bond acceptors (Lipinski definition) is 16. The van der Waals surface area contributed by atoms with Gasteiger partial charge < -0.3 is 49.5 Å². The van der Waals surface area contributed by atoms with Crippen LogP contribution in [-0.2, 0) is 41.1 Å². The third-order valence-corrected chi connectivity index (χ3v) is 9.27. The van der Waals surface area contributed by atoms with E-state index in [1.807, 2.05) is 0 Å². The fourth-order valence-electron chi connectivity index (χ4n) is 4.26. The number of aromatic nitrogens is 5. The molecule has 42 heavy (non-hydrogen) atoms. The van der Waals surface area contributed by atoms with E-state index in [1.54, 1.807) is 10.6 Å². The number of rotatable bonds is 11. The third-order valence-electron chi connectivity index (χ3n) is 6.15. The van der Waals surface area contributed by atoms with Crippen molar-refractivity contribution in [2.24, 2.45) is 0 Å². The molecule has 22 nitrogen and oxygen atoms in total. The molecule has 2 unspecified atom stereocenters. The number of aliphatic hydroxyl groups is 4. The average molecular weight is 663 g/mol. The van der Waals surface area contributed by atoms with Crippen LogP contribution in [0.2, 0.25) is 0 Å². The molecule has 0 amide bonds. The lowest BCUT2D eigenvalue weighted by atomic mass is 10.1. The molecule has 0 aliphatic carbocycles. The van der Waals surface area contributed by atoms with Gasteiger partial charge in [-0.25, -0.2) is 28.6 Å². The summed E-state index contributed by atoms with van der Waals surface area (Å²) in [6.45, 7) is -2.01. The molecular weight excluding hydrogens is 639 g/mol. The van der Waals surface area contributed by atoms with Gasteiger partial charge >= 0.3 is 23.5 Å². The van der Waals surface area contributed by atoms with Crippen molar-refractivity contribution in [2.75, 3.05) is 13.2 Å². The summed E-state index contributed by atoms with van der Waals surface area (Å²) in [6.07, 6.45) is -8.04. The number of hydrogen-bond donors (Lipinski definition) is 8. The topological polar surface area (TPSA) is 316 Å². The molecule has 5 heterocycles. The summed E-state index contributed by atoms with van der Waals surface area (Å²) in [5.74, 6) is 0. The normalized spacial score (nSPS) is 33.3. The molecule has 0 spiro atoms. The highest BCUT2D eigenvalue weighted by atomic mass is 31.3. The first-order valence-electron chi connectivity index (χ1n) is 11.6. The summed E-state index contributed by atoms with van der Waals surface area (Å²) in [5.41, 5.74) is 0.736. The number of aliphatic hydroxyl groups excluding tert-OH is 4. The summed E-state index contributed by atoms with van der Waals surface area (Å²) in [4.78, 5) is 51.1. The van der Waals surface area contributed by atoms with Gasteiger partial charge in [-0.2, -0.15) is 4.31 Å². The third kappa shape index (κ3) is 6.65. The Labute approximate surface area is 233 Å². The maximum atomic E-state index is 12.4. The van der Waals surface area contributed by atoms with E-state index in [0.717, 1.165) is 0 Å². The molecule has 10 atom stereocenters. The first kappa shape index (κ1) is 31.6. The summed E-state index contributed by atoms with van der Waals surface area (Å²) in [7, 11) is -16.1. The van der Waals surface area contributed by atoms with Crippen LogP contribution in [0.15, 0.2) is 25.0 Å². The SMILES string of the molecule is O=P(O)(O)O[C@@H]1[C@H](O)[C@@H](COP(=O)(O)OP(=O)(O)OC[C@H]2O[C@@H](O)[C@H](O)[C@@H]2O)O[C@H]1n1cnc2c1ncn1ccnc21. The van der Waals surface area contributed by atoms with Gasteiger partial charge in [0.1, 0.15) is 43.0 Å². The maximum Gasteiger partial charge on any atom is 0.481 e. The highest BCUT2D eigenvalue weighted by molar-refractivity contribution is 7.61. The lowest BCUT2D eigenvalue weighted by molar-refractivity contribution is -0.132. The molecule has 5 rings (SSSR count). The van der Waals surface area contributed by atoms with Gasteiger partial charge in [0.05, 0.1) is 19.5 Å². The van der Waals surface area contributed by atoms with Gasteiger partial charge in [0.25, 0.3) is 0 Å². The number of phosphoric acid groups is 3. The van der Waals surface area contributed by atoms with E-state index < -0.39 is 85.8 Å². The standard InChI is InChI=1S/C17H24N5O17P3/c23-10-7(37-17(26)12(10)25)3-34-41(30,31)39-42(32,33)35-4-8-11(24)13(38-40(27,28)29)16(36-8)22-6-19-9-14-18-1-2-21(14)5-20-15(9)22/h1-2,5-8,10-13,16-17,23-26H,3-4H2,(H,30,31)(H,32,33)(H2,27,28,29)/t7-,8-,10-,11-,12-,13-,16-,17-/m1/s1. The Balaban J connectivity index is 1.27. The quantitative estimate of drug-likeness (QED) is 0.0983. The number of nitrogens with zero attached hydrogens (tertiary/aromatic N) is 5. The molecule has 0 aromatic carbocycles. The molecule has 2 saturated heterocycles. The fourth-order valence-corrected chi connectivity index (χ4v) is 6.90. The minimum atomic E-state index is -5.46. The van der Waals surface area contributed by atoms with Crippen molar-refractivity contribution in [3.05, 3.63) is 25.0 Å². The highest BCUT2D eigenvalue weighted by Gasteiger charge is 2.50. The van der Waals surface area contributed by atoms with Gasteiger partial charge in [-0.1, -0.05) is 0 Å². The summed E-state index contributed by atoms with van der Waals surface area (Å²) < 4.78 is 67.2. The van der Waals surface area contributed by atoms with Crippen molar-refractivity contribution in [1.82, 2.24) is 23.9 Å². The van der Waals surface area contributed by atoms with Crippen LogP contribution < -0.4 is 0 Å². The Hall–Kier alpha value is -1.78. The van der Waals surface area contributed by atoms with E-state index in [4.69, 9.17) is 14.0 Å². The Morgan fingerprint density at radius 1 is 0.810 bits per heavy atom. The zero-order chi connectivity index (χ0) is 30.6.